The molecule has 0 saturated heterocycles. The van der Waals surface area contributed by atoms with Crippen molar-refractivity contribution in [2.45, 2.75) is 39.7 Å². The van der Waals surface area contributed by atoms with Gasteiger partial charge in [0.05, 0.1) is 5.69 Å². The minimum atomic E-state index is 0.0464. The van der Waals surface area contributed by atoms with Crippen LogP contribution in [0.3, 0.4) is 0 Å². The Balaban J connectivity index is 2.32. The zero-order valence-electron chi connectivity index (χ0n) is 9.68. The molecule has 1 rings (SSSR count). The largest absolute Gasteiger partial charge is 0.361 e. The third kappa shape index (κ3) is 3.85. The van der Waals surface area contributed by atoms with Crippen molar-refractivity contribution in [1.29, 1.82) is 0 Å². The molecule has 0 unspecified atom stereocenters. The third-order valence-corrected chi connectivity index (χ3v) is 2.70. The average Bonchev–Trinajstić information content (AvgIpc) is 2.57. The maximum Gasteiger partial charge on any atom is 0.220 e. The Morgan fingerprint density at radius 1 is 1.44 bits per heavy atom. The van der Waals surface area contributed by atoms with E-state index in [4.69, 9.17) is 16.1 Å². The van der Waals surface area contributed by atoms with Crippen molar-refractivity contribution in [3.8, 4) is 0 Å². The molecule has 0 spiro atoms. The van der Waals surface area contributed by atoms with Gasteiger partial charge in [-0.1, -0.05) is 5.16 Å². The summed E-state index contributed by atoms with van der Waals surface area (Å²) in [6.07, 6.45) is 2.23. The number of alkyl halides is 1. The lowest BCUT2D eigenvalue weighted by Gasteiger charge is -2.04. The van der Waals surface area contributed by atoms with Crippen LogP contribution in [0.15, 0.2) is 4.52 Å². The summed E-state index contributed by atoms with van der Waals surface area (Å²) >= 11 is 5.53. The van der Waals surface area contributed by atoms with Gasteiger partial charge in [-0.2, -0.15) is 0 Å². The Morgan fingerprint density at radius 2 is 2.19 bits per heavy atom. The van der Waals surface area contributed by atoms with Crippen LogP contribution in [0.1, 0.15) is 36.3 Å². The van der Waals surface area contributed by atoms with Gasteiger partial charge < -0.3 is 9.84 Å². The summed E-state index contributed by atoms with van der Waals surface area (Å²) in [4.78, 5) is 11.4. The molecule has 90 valence electrons. The van der Waals surface area contributed by atoms with Gasteiger partial charge in [0.25, 0.3) is 0 Å². The highest BCUT2D eigenvalue weighted by molar-refractivity contribution is 6.17. The Kier molecular flexibility index (Phi) is 5.32. The molecule has 0 aliphatic rings. The number of aromatic nitrogens is 1. The second-order valence-corrected chi connectivity index (χ2v) is 4.10. The summed E-state index contributed by atoms with van der Waals surface area (Å²) in [6.45, 7) is 4.20. The zero-order valence-corrected chi connectivity index (χ0v) is 10.4. The van der Waals surface area contributed by atoms with Crippen molar-refractivity contribution >= 4 is 17.5 Å². The maximum absolute atomic E-state index is 11.4. The molecule has 1 N–H and O–H groups in total. The lowest BCUT2D eigenvalue weighted by atomic mass is 10.2. The van der Waals surface area contributed by atoms with E-state index in [0.717, 1.165) is 29.9 Å². The summed E-state index contributed by atoms with van der Waals surface area (Å²) in [6, 6.07) is 0. The molecule has 4 nitrogen and oxygen atoms in total. The van der Waals surface area contributed by atoms with E-state index in [1.165, 1.54) is 0 Å². The van der Waals surface area contributed by atoms with Crippen molar-refractivity contribution in [1.82, 2.24) is 10.5 Å². The molecule has 0 radical (unpaired) electrons. The predicted octanol–water partition coefficient (Wildman–Crippen LogP) is 2.32. The SMILES string of the molecule is Cc1noc(C)c1CNC(=O)CCCCCl. The van der Waals surface area contributed by atoms with Crippen LogP contribution in [0.4, 0.5) is 0 Å². The fourth-order valence-electron chi connectivity index (χ4n) is 1.41. The lowest BCUT2D eigenvalue weighted by Crippen LogP contribution is -2.22. The molecule has 0 atom stereocenters. The Labute approximate surface area is 100 Å². The summed E-state index contributed by atoms with van der Waals surface area (Å²) in [5.41, 5.74) is 1.80. The second kappa shape index (κ2) is 6.53. The van der Waals surface area contributed by atoms with Crippen molar-refractivity contribution in [2.24, 2.45) is 0 Å². The number of halogens is 1. The van der Waals surface area contributed by atoms with E-state index in [2.05, 4.69) is 10.5 Å². The van der Waals surface area contributed by atoms with Gasteiger partial charge >= 0.3 is 0 Å². The summed E-state index contributed by atoms with van der Waals surface area (Å²) in [7, 11) is 0. The molecule has 0 fully saturated rings. The molecule has 5 heteroatoms. The Morgan fingerprint density at radius 3 is 2.75 bits per heavy atom. The molecule has 0 aromatic carbocycles. The first kappa shape index (κ1) is 13.0. The molecule has 1 amide bonds. The smallest absolute Gasteiger partial charge is 0.220 e. The molecule has 0 saturated carbocycles. The van der Waals surface area contributed by atoms with Crippen LogP contribution in [0, 0.1) is 13.8 Å². The number of nitrogens with zero attached hydrogens (tertiary/aromatic N) is 1. The minimum absolute atomic E-state index is 0.0464. The zero-order chi connectivity index (χ0) is 12.0. The third-order valence-electron chi connectivity index (χ3n) is 2.43. The molecule has 1 aromatic heterocycles. The van der Waals surface area contributed by atoms with E-state index in [-0.39, 0.29) is 5.91 Å². The highest BCUT2D eigenvalue weighted by atomic mass is 35.5. The Bertz CT molecular complexity index is 330. The van der Waals surface area contributed by atoms with Crippen LogP contribution in [0.2, 0.25) is 0 Å². The lowest BCUT2D eigenvalue weighted by molar-refractivity contribution is -0.121. The van der Waals surface area contributed by atoms with Gasteiger partial charge in [-0.3, -0.25) is 4.79 Å². The highest BCUT2D eigenvalue weighted by Crippen LogP contribution is 2.11. The van der Waals surface area contributed by atoms with Crippen LogP contribution in [-0.2, 0) is 11.3 Å². The summed E-state index contributed by atoms with van der Waals surface area (Å²) < 4.78 is 5.01. The van der Waals surface area contributed by atoms with Gasteiger partial charge in [0, 0.05) is 24.4 Å². The highest BCUT2D eigenvalue weighted by Gasteiger charge is 2.09. The topological polar surface area (TPSA) is 55.1 Å². The van der Waals surface area contributed by atoms with Gasteiger partial charge in [0.1, 0.15) is 5.76 Å². The van der Waals surface area contributed by atoms with Gasteiger partial charge in [0.15, 0.2) is 0 Å². The van der Waals surface area contributed by atoms with Gasteiger partial charge in [-0.15, -0.1) is 11.6 Å². The molecule has 16 heavy (non-hydrogen) atoms. The normalized spacial score (nSPS) is 10.4. The van der Waals surface area contributed by atoms with Crippen LogP contribution in [-0.4, -0.2) is 16.9 Å². The fourth-order valence-corrected chi connectivity index (χ4v) is 1.60. The number of rotatable bonds is 6. The van der Waals surface area contributed by atoms with E-state index in [0.29, 0.717) is 18.8 Å². The van der Waals surface area contributed by atoms with Crippen LogP contribution >= 0.6 is 11.6 Å². The molecule has 0 aliphatic heterocycles. The second-order valence-electron chi connectivity index (χ2n) is 3.73. The number of hydrogen-bond donors (Lipinski definition) is 1. The average molecular weight is 245 g/mol. The quantitative estimate of drug-likeness (QED) is 0.617. The van der Waals surface area contributed by atoms with E-state index in [1.807, 2.05) is 13.8 Å². The molecule has 0 bridgehead atoms. The number of amides is 1. The van der Waals surface area contributed by atoms with E-state index in [1.54, 1.807) is 0 Å². The number of carbonyl (C=O) groups excluding carboxylic acids is 1. The predicted molar refractivity (Wildman–Crippen MR) is 62.4 cm³/mol. The Hall–Kier alpha value is -1.03. The first-order valence-corrected chi connectivity index (χ1v) is 5.93. The maximum atomic E-state index is 11.4. The summed E-state index contributed by atoms with van der Waals surface area (Å²) in [5.74, 6) is 1.42. The van der Waals surface area contributed by atoms with Gasteiger partial charge in [-0.25, -0.2) is 0 Å². The number of aryl methyl sites for hydroxylation is 2. The van der Waals surface area contributed by atoms with Crippen LogP contribution in [0.5, 0.6) is 0 Å². The molecule has 0 aliphatic carbocycles. The minimum Gasteiger partial charge on any atom is -0.361 e. The molecular formula is C11H17ClN2O2. The van der Waals surface area contributed by atoms with Crippen LogP contribution in [0.25, 0.3) is 0 Å². The first-order chi connectivity index (χ1) is 7.65. The molecular weight excluding hydrogens is 228 g/mol. The van der Waals surface area contributed by atoms with E-state index < -0.39 is 0 Å². The van der Waals surface area contributed by atoms with Crippen LogP contribution < -0.4 is 5.32 Å². The van der Waals surface area contributed by atoms with Crippen molar-refractivity contribution in [2.75, 3.05) is 5.88 Å². The molecule has 1 heterocycles. The fraction of sp³-hybridized carbons (Fsp3) is 0.636. The number of unbranched alkanes of at least 4 members (excludes halogenated alkanes) is 1. The van der Waals surface area contributed by atoms with Crippen molar-refractivity contribution in [3.63, 3.8) is 0 Å². The summed E-state index contributed by atoms with van der Waals surface area (Å²) in [5, 5.41) is 6.67. The van der Waals surface area contributed by atoms with E-state index >= 15 is 0 Å². The van der Waals surface area contributed by atoms with Gasteiger partial charge in [0.2, 0.25) is 5.91 Å². The first-order valence-electron chi connectivity index (χ1n) is 5.39. The number of carbonyl (C=O) groups is 1. The monoisotopic (exact) mass is 244 g/mol. The number of hydrogen-bond acceptors (Lipinski definition) is 3. The molecule has 1 aromatic rings. The standard InChI is InChI=1S/C11H17ClN2O2/c1-8-10(9(2)16-14-8)7-13-11(15)5-3-4-6-12/h3-7H2,1-2H3,(H,13,15). The van der Waals surface area contributed by atoms with Gasteiger partial charge in [-0.05, 0) is 26.7 Å². The van der Waals surface area contributed by atoms with E-state index in [9.17, 15) is 4.79 Å². The van der Waals surface area contributed by atoms with Crippen molar-refractivity contribution < 1.29 is 9.32 Å². The van der Waals surface area contributed by atoms with Crippen molar-refractivity contribution in [3.05, 3.63) is 17.0 Å². The number of nitrogens with one attached hydrogen (secondary N) is 1.